The lowest BCUT2D eigenvalue weighted by molar-refractivity contribution is -0.113. The van der Waals surface area contributed by atoms with E-state index in [-0.39, 0.29) is 18.3 Å². The minimum absolute atomic E-state index is 0.142. The molecule has 0 saturated heterocycles. The number of hydrogen-bond acceptors (Lipinski definition) is 6. The predicted molar refractivity (Wildman–Crippen MR) is 134 cm³/mol. The molecular formula is C24H25ClN6O2S. The number of nitrogens with one attached hydrogen (secondary N) is 1. The Balaban J connectivity index is 1.37. The van der Waals surface area contributed by atoms with Gasteiger partial charge in [-0.15, -0.1) is 10.2 Å². The number of carbonyl (C=O) groups is 1. The van der Waals surface area contributed by atoms with Gasteiger partial charge in [0.25, 0.3) is 0 Å². The van der Waals surface area contributed by atoms with Gasteiger partial charge in [-0.25, -0.2) is 4.68 Å². The van der Waals surface area contributed by atoms with E-state index in [4.69, 9.17) is 16.3 Å². The second-order valence-electron chi connectivity index (χ2n) is 7.81. The zero-order valence-corrected chi connectivity index (χ0v) is 20.9. The van der Waals surface area contributed by atoms with Crippen molar-refractivity contribution in [3.05, 3.63) is 76.3 Å². The molecule has 0 unspecified atom stereocenters. The predicted octanol–water partition coefficient (Wildman–Crippen LogP) is 4.89. The van der Waals surface area contributed by atoms with Crippen LogP contribution in [0, 0.1) is 20.8 Å². The first-order valence-corrected chi connectivity index (χ1v) is 12.0. The third-order valence-corrected chi connectivity index (χ3v) is 6.62. The lowest BCUT2D eigenvalue weighted by Gasteiger charge is -2.08. The van der Waals surface area contributed by atoms with Crippen molar-refractivity contribution in [1.29, 1.82) is 0 Å². The third kappa shape index (κ3) is 5.26. The highest BCUT2D eigenvalue weighted by molar-refractivity contribution is 7.99. The van der Waals surface area contributed by atoms with E-state index < -0.39 is 0 Å². The SMILES string of the molecule is Cc1ccc(-n2nc(C)c(NC(=O)CSc3nnc(COc4ccccc4Cl)n3C)c2C)cc1. The van der Waals surface area contributed by atoms with E-state index in [0.29, 0.717) is 21.8 Å². The summed E-state index contributed by atoms with van der Waals surface area (Å²) in [5.41, 5.74) is 4.48. The summed E-state index contributed by atoms with van der Waals surface area (Å²) >= 11 is 7.43. The molecule has 0 aliphatic heterocycles. The number of anilines is 1. The van der Waals surface area contributed by atoms with Crippen molar-refractivity contribution in [2.24, 2.45) is 7.05 Å². The molecule has 2 aromatic heterocycles. The van der Waals surface area contributed by atoms with Crippen molar-refractivity contribution in [2.45, 2.75) is 32.5 Å². The van der Waals surface area contributed by atoms with Gasteiger partial charge in [-0.1, -0.05) is 53.2 Å². The number of thioether (sulfide) groups is 1. The van der Waals surface area contributed by atoms with Crippen LogP contribution in [0.2, 0.25) is 5.02 Å². The molecule has 2 heterocycles. The Hall–Kier alpha value is -3.30. The van der Waals surface area contributed by atoms with E-state index in [9.17, 15) is 4.79 Å². The lowest BCUT2D eigenvalue weighted by atomic mass is 10.2. The molecule has 10 heteroatoms. The Bertz CT molecular complexity index is 1320. The highest BCUT2D eigenvalue weighted by atomic mass is 35.5. The average Bonchev–Trinajstić information content (AvgIpc) is 3.31. The van der Waals surface area contributed by atoms with Crippen LogP contribution in [-0.2, 0) is 18.4 Å². The normalized spacial score (nSPS) is 11.0. The number of rotatable bonds is 8. The molecule has 0 radical (unpaired) electrons. The van der Waals surface area contributed by atoms with Crippen molar-refractivity contribution >= 4 is 35.0 Å². The van der Waals surface area contributed by atoms with Crippen molar-refractivity contribution < 1.29 is 9.53 Å². The Morgan fingerprint density at radius 1 is 1.09 bits per heavy atom. The fourth-order valence-corrected chi connectivity index (χ4v) is 4.29. The van der Waals surface area contributed by atoms with Gasteiger partial charge in [0, 0.05) is 7.05 Å². The number of amides is 1. The largest absolute Gasteiger partial charge is 0.484 e. The smallest absolute Gasteiger partial charge is 0.234 e. The van der Waals surface area contributed by atoms with Gasteiger partial charge in [0.05, 0.1) is 33.5 Å². The van der Waals surface area contributed by atoms with Crippen molar-refractivity contribution in [3.8, 4) is 11.4 Å². The van der Waals surface area contributed by atoms with Crippen LogP contribution in [-0.4, -0.2) is 36.2 Å². The number of halogens is 1. The summed E-state index contributed by atoms with van der Waals surface area (Å²) < 4.78 is 9.39. The zero-order valence-electron chi connectivity index (χ0n) is 19.4. The molecule has 176 valence electrons. The maximum Gasteiger partial charge on any atom is 0.234 e. The van der Waals surface area contributed by atoms with Crippen molar-refractivity contribution in [2.75, 3.05) is 11.1 Å². The minimum atomic E-state index is -0.142. The van der Waals surface area contributed by atoms with Crippen LogP contribution in [0.15, 0.2) is 53.7 Å². The molecule has 4 rings (SSSR count). The van der Waals surface area contributed by atoms with Gasteiger partial charge in [-0.05, 0) is 45.0 Å². The molecule has 0 spiro atoms. The molecule has 0 atom stereocenters. The van der Waals surface area contributed by atoms with Gasteiger partial charge < -0.3 is 14.6 Å². The number of nitrogens with zero attached hydrogens (tertiary/aromatic N) is 5. The topological polar surface area (TPSA) is 86.9 Å². The second-order valence-corrected chi connectivity index (χ2v) is 9.16. The van der Waals surface area contributed by atoms with Gasteiger partial charge in [0.1, 0.15) is 12.4 Å². The van der Waals surface area contributed by atoms with Crippen LogP contribution in [0.3, 0.4) is 0 Å². The Kier molecular flexibility index (Phi) is 7.23. The minimum Gasteiger partial charge on any atom is -0.484 e. The van der Waals surface area contributed by atoms with Crippen LogP contribution in [0.1, 0.15) is 22.8 Å². The molecule has 0 aliphatic carbocycles. The number of aromatic nitrogens is 5. The van der Waals surface area contributed by atoms with E-state index in [2.05, 4.69) is 20.6 Å². The second kappa shape index (κ2) is 10.3. The number of ether oxygens (including phenoxy) is 1. The summed E-state index contributed by atoms with van der Waals surface area (Å²) in [7, 11) is 1.84. The molecule has 2 aromatic carbocycles. The van der Waals surface area contributed by atoms with Crippen LogP contribution in [0.25, 0.3) is 5.69 Å². The van der Waals surface area contributed by atoms with E-state index in [1.165, 1.54) is 17.3 Å². The fourth-order valence-electron chi connectivity index (χ4n) is 3.37. The van der Waals surface area contributed by atoms with Gasteiger partial charge in [0.2, 0.25) is 5.91 Å². The molecular weight excluding hydrogens is 472 g/mol. The van der Waals surface area contributed by atoms with E-state index >= 15 is 0 Å². The quantitative estimate of drug-likeness (QED) is 0.349. The molecule has 34 heavy (non-hydrogen) atoms. The summed E-state index contributed by atoms with van der Waals surface area (Å²) in [5, 5.41) is 17.1. The lowest BCUT2D eigenvalue weighted by Crippen LogP contribution is -2.15. The Labute approximate surface area is 207 Å². The molecule has 0 saturated carbocycles. The van der Waals surface area contributed by atoms with Gasteiger partial charge >= 0.3 is 0 Å². The summed E-state index contributed by atoms with van der Waals surface area (Å²) in [4.78, 5) is 12.7. The summed E-state index contributed by atoms with van der Waals surface area (Å²) in [6.07, 6.45) is 0. The first-order chi connectivity index (χ1) is 16.3. The molecule has 1 N–H and O–H groups in total. The molecule has 0 aliphatic rings. The van der Waals surface area contributed by atoms with Crippen LogP contribution in [0.4, 0.5) is 5.69 Å². The molecule has 1 amide bonds. The van der Waals surface area contributed by atoms with Gasteiger partial charge in [-0.3, -0.25) is 4.79 Å². The summed E-state index contributed by atoms with van der Waals surface area (Å²) in [5.74, 6) is 1.26. The fraction of sp³-hybridized carbons (Fsp3) is 0.250. The van der Waals surface area contributed by atoms with E-state index in [1.54, 1.807) is 16.7 Å². The van der Waals surface area contributed by atoms with Gasteiger partial charge in [-0.2, -0.15) is 5.10 Å². The number of carbonyl (C=O) groups excluding carboxylic acids is 1. The third-order valence-electron chi connectivity index (χ3n) is 5.29. The molecule has 0 bridgehead atoms. The molecule has 8 nitrogen and oxygen atoms in total. The van der Waals surface area contributed by atoms with Crippen LogP contribution >= 0.6 is 23.4 Å². The Morgan fingerprint density at radius 3 is 2.56 bits per heavy atom. The van der Waals surface area contributed by atoms with Crippen molar-refractivity contribution in [3.63, 3.8) is 0 Å². The monoisotopic (exact) mass is 496 g/mol. The zero-order chi connectivity index (χ0) is 24.2. The maximum absolute atomic E-state index is 12.7. The number of aryl methyl sites for hydroxylation is 2. The first kappa shape index (κ1) is 23.8. The highest BCUT2D eigenvalue weighted by Crippen LogP contribution is 2.26. The van der Waals surface area contributed by atoms with E-state index in [1.807, 2.05) is 68.9 Å². The first-order valence-electron chi connectivity index (χ1n) is 10.6. The number of benzene rings is 2. The summed E-state index contributed by atoms with van der Waals surface area (Å²) in [6, 6.07) is 15.4. The standard InChI is InChI=1S/C24H25ClN6O2S/c1-15-9-11-18(12-10-15)31-17(3)23(16(2)29-31)26-22(32)14-34-24-28-27-21(30(24)4)13-33-20-8-6-5-7-19(20)25/h5-12H,13-14H2,1-4H3,(H,26,32). The highest BCUT2D eigenvalue weighted by Gasteiger charge is 2.17. The van der Waals surface area contributed by atoms with Gasteiger partial charge in [0.15, 0.2) is 11.0 Å². The molecule has 0 fully saturated rings. The number of para-hydroxylation sites is 1. The number of hydrogen-bond donors (Lipinski definition) is 1. The van der Waals surface area contributed by atoms with Crippen molar-refractivity contribution in [1.82, 2.24) is 24.5 Å². The molecule has 4 aromatic rings. The Morgan fingerprint density at radius 2 is 1.82 bits per heavy atom. The summed E-state index contributed by atoms with van der Waals surface area (Å²) in [6.45, 7) is 6.09. The maximum atomic E-state index is 12.7. The van der Waals surface area contributed by atoms with Crippen LogP contribution < -0.4 is 10.1 Å². The van der Waals surface area contributed by atoms with Crippen LogP contribution in [0.5, 0.6) is 5.75 Å². The van der Waals surface area contributed by atoms with E-state index in [0.717, 1.165) is 22.8 Å². The average molecular weight is 497 g/mol.